The smallest absolute Gasteiger partial charge is 0.178 e. The average Bonchev–Trinajstić information content (AvgIpc) is 3.14. The van der Waals surface area contributed by atoms with Gasteiger partial charge in [-0.1, -0.05) is 42.3 Å². The third kappa shape index (κ3) is 1.89. The van der Waals surface area contributed by atoms with E-state index >= 15 is 0 Å². The molecule has 0 spiro atoms. The topological polar surface area (TPSA) is 13.1 Å². The number of hydrogen-bond acceptors (Lipinski definition) is 2. The number of rotatable bonds is 0. The van der Waals surface area contributed by atoms with Crippen molar-refractivity contribution < 1.29 is 4.42 Å². The molecule has 0 bridgehead atoms. The summed E-state index contributed by atoms with van der Waals surface area (Å²) in [5, 5.41) is 7.47. The summed E-state index contributed by atoms with van der Waals surface area (Å²) >= 11 is 1.65. The zero-order valence-electron chi connectivity index (χ0n) is 10.6. The molecule has 4 rings (SSSR count). The molecular formula is C18H10OS. The van der Waals surface area contributed by atoms with Gasteiger partial charge in [0.2, 0.25) is 0 Å². The molecule has 2 aromatic heterocycles. The van der Waals surface area contributed by atoms with Crippen molar-refractivity contribution in [2.45, 2.75) is 0 Å². The quantitative estimate of drug-likeness (QED) is 0.409. The Hall–Kier alpha value is -2.50. The van der Waals surface area contributed by atoms with Crippen molar-refractivity contribution in [3.05, 3.63) is 70.6 Å². The summed E-state index contributed by atoms with van der Waals surface area (Å²) in [7, 11) is 0. The second-order valence-electron chi connectivity index (χ2n) is 4.58. The van der Waals surface area contributed by atoms with Crippen molar-refractivity contribution in [1.82, 2.24) is 0 Å². The van der Waals surface area contributed by atoms with Crippen LogP contribution in [0.3, 0.4) is 0 Å². The summed E-state index contributed by atoms with van der Waals surface area (Å²) in [6.45, 7) is 0. The maximum Gasteiger partial charge on any atom is 0.178 e. The summed E-state index contributed by atoms with van der Waals surface area (Å²) in [5.41, 5.74) is 1.94. The summed E-state index contributed by atoms with van der Waals surface area (Å²) in [5.74, 6) is 6.92. The van der Waals surface area contributed by atoms with E-state index in [1.54, 1.807) is 11.3 Å². The molecular weight excluding hydrogens is 264 g/mol. The van der Waals surface area contributed by atoms with E-state index in [0.29, 0.717) is 5.76 Å². The highest BCUT2D eigenvalue weighted by molar-refractivity contribution is 7.08. The molecule has 0 N–H and O–H groups in total. The minimum atomic E-state index is 0.711. The van der Waals surface area contributed by atoms with E-state index in [9.17, 15) is 0 Å². The van der Waals surface area contributed by atoms with Crippen LogP contribution in [-0.2, 0) is 0 Å². The lowest BCUT2D eigenvalue weighted by Crippen LogP contribution is -1.71. The first-order valence-corrected chi connectivity index (χ1v) is 7.30. The number of thiophene rings is 1. The number of fused-ring (bicyclic) bond motifs is 3. The van der Waals surface area contributed by atoms with Gasteiger partial charge in [0.25, 0.3) is 0 Å². The Balaban J connectivity index is 1.88. The second-order valence-corrected chi connectivity index (χ2v) is 5.36. The highest BCUT2D eigenvalue weighted by Crippen LogP contribution is 2.27. The first kappa shape index (κ1) is 11.3. The average molecular weight is 274 g/mol. The molecule has 0 aliphatic rings. The fourth-order valence-electron chi connectivity index (χ4n) is 2.30. The van der Waals surface area contributed by atoms with E-state index in [4.69, 9.17) is 4.42 Å². The van der Waals surface area contributed by atoms with Crippen LogP contribution in [-0.4, -0.2) is 0 Å². The van der Waals surface area contributed by atoms with E-state index in [0.717, 1.165) is 21.9 Å². The fraction of sp³-hybridized carbons (Fsp3) is 0. The van der Waals surface area contributed by atoms with Crippen LogP contribution in [0.25, 0.3) is 21.7 Å². The second kappa shape index (κ2) is 4.56. The van der Waals surface area contributed by atoms with Gasteiger partial charge in [0.1, 0.15) is 5.58 Å². The third-order valence-corrected chi connectivity index (χ3v) is 3.94. The van der Waals surface area contributed by atoms with Crippen LogP contribution >= 0.6 is 11.3 Å². The van der Waals surface area contributed by atoms with Gasteiger partial charge in [0, 0.05) is 27.8 Å². The van der Waals surface area contributed by atoms with Crippen molar-refractivity contribution in [3.8, 4) is 11.8 Å². The van der Waals surface area contributed by atoms with Crippen LogP contribution in [0.2, 0.25) is 0 Å². The summed E-state index contributed by atoms with van der Waals surface area (Å²) < 4.78 is 5.91. The molecule has 0 aliphatic carbocycles. The summed E-state index contributed by atoms with van der Waals surface area (Å²) in [6.07, 6.45) is 0. The third-order valence-electron chi connectivity index (χ3n) is 3.26. The van der Waals surface area contributed by atoms with Crippen LogP contribution in [0.4, 0.5) is 0 Å². The van der Waals surface area contributed by atoms with Gasteiger partial charge in [-0.15, -0.1) is 0 Å². The van der Waals surface area contributed by atoms with Crippen molar-refractivity contribution >= 4 is 33.1 Å². The molecule has 0 saturated heterocycles. The fourth-order valence-corrected chi connectivity index (χ4v) is 2.89. The zero-order chi connectivity index (χ0) is 13.4. The highest BCUT2D eigenvalue weighted by atomic mass is 32.1. The van der Waals surface area contributed by atoms with Gasteiger partial charge in [-0.25, -0.2) is 0 Å². The first-order valence-electron chi connectivity index (χ1n) is 6.36. The molecule has 2 aromatic carbocycles. The van der Waals surface area contributed by atoms with Crippen LogP contribution in [0, 0.1) is 11.8 Å². The van der Waals surface area contributed by atoms with Crippen LogP contribution in [0.1, 0.15) is 11.3 Å². The molecule has 0 unspecified atom stereocenters. The molecule has 0 aliphatic heterocycles. The summed E-state index contributed by atoms with van der Waals surface area (Å²) in [6, 6.07) is 16.4. The molecule has 0 amide bonds. The molecule has 2 heterocycles. The van der Waals surface area contributed by atoms with E-state index in [2.05, 4.69) is 36.1 Å². The standard InChI is InChI=1S/C18H10OS/c1-2-4-17-14(3-1)6-7-15-11-16(19-18(15)17)8-5-13-9-10-20-12-13/h1-4,6-7,9-12H. The normalized spacial score (nSPS) is 10.6. The van der Waals surface area contributed by atoms with Gasteiger partial charge >= 0.3 is 0 Å². The Morgan fingerprint density at radius 3 is 2.70 bits per heavy atom. The van der Waals surface area contributed by atoms with Crippen molar-refractivity contribution in [3.63, 3.8) is 0 Å². The molecule has 0 radical (unpaired) electrons. The maximum absolute atomic E-state index is 5.91. The minimum absolute atomic E-state index is 0.711. The molecule has 94 valence electrons. The zero-order valence-corrected chi connectivity index (χ0v) is 11.4. The monoisotopic (exact) mass is 274 g/mol. The Kier molecular flexibility index (Phi) is 2.58. The Labute approximate surface area is 120 Å². The SMILES string of the molecule is C(#Cc1cc2ccc3ccccc3c2o1)c1ccsc1. The van der Waals surface area contributed by atoms with Gasteiger partial charge in [-0.3, -0.25) is 0 Å². The number of benzene rings is 2. The van der Waals surface area contributed by atoms with Gasteiger partial charge in [-0.05, 0) is 22.8 Å². The molecule has 4 aromatic rings. The lowest BCUT2D eigenvalue weighted by molar-refractivity contribution is 0.604. The molecule has 20 heavy (non-hydrogen) atoms. The van der Waals surface area contributed by atoms with E-state index in [1.165, 1.54) is 5.39 Å². The molecule has 0 atom stereocenters. The van der Waals surface area contributed by atoms with Crippen molar-refractivity contribution in [2.75, 3.05) is 0 Å². The van der Waals surface area contributed by atoms with Gasteiger partial charge in [0.15, 0.2) is 5.76 Å². The summed E-state index contributed by atoms with van der Waals surface area (Å²) in [4.78, 5) is 0. The lowest BCUT2D eigenvalue weighted by Gasteiger charge is -1.96. The number of hydrogen-bond donors (Lipinski definition) is 0. The Morgan fingerprint density at radius 2 is 1.80 bits per heavy atom. The van der Waals surface area contributed by atoms with Crippen molar-refractivity contribution in [2.24, 2.45) is 0 Å². The van der Waals surface area contributed by atoms with E-state index in [1.807, 2.05) is 35.0 Å². The predicted octanol–water partition coefficient (Wildman–Crippen LogP) is 5.05. The minimum Gasteiger partial charge on any atom is -0.447 e. The predicted molar refractivity (Wildman–Crippen MR) is 84.0 cm³/mol. The highest BCUT2D eigenvalue weighted by Gasteiger charge is 2.05. The number of furan rings is 1. The van der Waals surface area contributed by atoms with Crippen LogP contribution in [0.15, 0.2) is 63.7 Å². The van der Waals surface area contributed by atoms with E-state index in [-0.39, 0.29) is 0 Å². The van der Waals surface area contributed by atoms with Crippen LogP contribution < -0.4 is 0 Å². The van der Waals surface area contributed by atoms with Gasteiger partial charge in [0.05, 0.1) is 0 Å². The van der Waals surface area contributed by atoms with Crippen molar-refractivity contribution in [1.29, 1.82) is 0 Å². The lowest BCUT2D eigenvalue weighted by atomic mass is 10.1. The Bertz CT molecular complexity index is 949. The molecule has 2 heteroatoms. The molecule has 0 fully saturated rings. The van der Waals surface area contributed by atoms with Crippen LogP contribution in [0.5, 0.6) is 0 Å². The molecule has 0 saturated carbocycles. The van der Waals surface area contributed by atoms with Gasteiger partial charge in [-0.2, -0.15) is 11.3 Å². The van der Waals surface area contributed by atoms with E-state index < -0.39 is 0 Å². The van der Waals surface area contributed by atoms with Gasteiger partial charge < -0.3 is 4.42 Å². The first-order chi connectivity index (χ1) is 9.90. The largest absolute Gasteiger partial charge is 0.447 e. The molecule has 1 nitrogen and oxygen atoms in total. The Morgan fingerprint density at radius 1 is 0.900 bits per heavy atom. The maximum atomic E-state index is 5.91.